The van der Waals surface area contributed by atoms with E-state index in [2.05, 4.69) is 10.6 Å². The van der Waals surface area contributed by atoms with Crippen LogP contribution in [0.25, 0.3) is 0 Å². The quantitative estimate of drug-likeness (QED) is 0.840. The van der Waals surface area contributed by atoms with Gasteiger partial charge in [-0.3, -0.25) is 9.59 Å². The molecule has 1 fully saturated rings. The standard InChI is InChI=1S/C13H14Cl2N2O3/c14-8-4-9(15)6-10(5-8)17-13(19)12(18)16-7-11-2-1-3-20-11/h4-6,11H,1-3,7H2,(H,16,18)(H,17,19)/t11-/m1/s1. The molecular weight excluding hydrogens is 303 g/mol. The third kappa shape index (κ3) is 4.37. The number of anilines is 1. The Hall–Kier alpha value is -1.30. The van der Waals surface area contributed by atoms with Gasteiger partial charge in [0.2, 0.25) is 0 Å². The minimum absolute atomic E-state index is 0.00707. The summed E-state index contributed by atoms with van der Waals surface area (Å²) in [5.74, 6) is -1.47. The zero-order valence-electron chi connectivity index (χ0n) is 10.6. The summed E-state index contributed by atoms with van der Waals surface area (Å²) >= 11 is 11.6. The summed E-state index contributed by atoms with van der Waals surface area (Å²) in [6.07, 6.45) is 1.87. The molecule has 7 heteroatoms. The molecule has 1 aromatic rings. The van der Waals surface area contributed by atoms with Crippen molar-refractivity contribution < 1.29 is 14.3 Å². The number of carbonyl (C=O) groups is 2. The van der Waals surface area contributed by atoms with Crippen molar-refractivity contribution in [2.24, 2.45) is 0 Å². The Balaban J connectivity index is 1.85. The molecule has 0 spiro atoms. The molecule has 1 heterocycles. The summed E-state index contributed by atoms with van der Waals surface area (Å²) < 4.78 is 5.35. The van der Waals surface area contributed by atoms with Crippen LogP contribution >= 0.6 is 23.2 Å². The van der Waals surface area contributed by atoms with Gasteiger partial charge in [-0.1, -0.05) is 23.2 Å². The maximum Gasteiger partial charge on any atom is 0.313 e. The largest absolute Gasteiger partial charge is 0.376 e. The number of rotatable bonds is 3. The third-order valence-electron chi connectivity index (χ3n) is 2.84. The van der Waals surface area contributed by atoms with Crippen LogP contribution in [0.4, 0.5) is 5.69 Å². The van der Waals surface area contributed by atoms with Crippen LogP contribution in [0.15, 0.2) is 18.2 Å². The highest BCUT2D eigenvalue weighted by molar-refractivity contribution is 6.40. The Labute approximate surface area is 126 Å². The number of halogens is 2. The average Bonchev–Trinajstić information content (AvgIpc) is 2.87. The van der Waals surface area contributed by atoms with E-state index >= 15 is 0 Å². The van der Waals surface area contributed by atoms with E-state index in [0.717, 1.165) is 12.8 Å². The van der Waals surface area contributed by atoms with Gasteiger partial charge in [-0.2, -0.15) is 0 Å². The van der Waals surface area contributed by atoms with Gasteiger partial charge in [-0.05, 0) is 31.0 Å². The monoisotopic (exact) mass is 316 g/mol. The predicted molar refractivity (Wildman–Crippen MR) is 77.1 cm³/mol. The average molecular weight is 317 g/mol. The van der Waals surface area contributed by atoms with Gasteiger partial charge in [0.05, 0.1) is 6.10 Å². The highest BCUT2D eigenvalue weighted by Crippen LogP contribution is 2.22. The molecule has 2 N–H and O–H groups in total. The van der Waals surface area contributed by atoms with E-state index in [1.54, 1.807) is 0 Å². The molecule has 108 valence electrons. The first-order valence-electron chi connectivity index (χ1n) is 6.21. The Morgan fingerprint density at radius 3 is 2.50 bits per heavy atom. The molecule has 0 aromatic heterocycles. The summed E-state index contributed by atoms with van der Waals surface area (Å²) in [4.78, 5) is 23.3. The molecule has 20 heavy (non-hydrogen) atoms. The first-order chi connectivity index (χ1) is 9.54. The summed E-state index contributed by atoms with van der Waals surface area (Å²) in [6.45, 7) is 1.04. The van der Waals surface area contributed by atoms with Crippen molar-refractivity contribution in [2.75, 3.05) is 18.5 Å². The summed E-state index contributed by atoms with van der Waals surface area (Å²) in [6, 6.07) is 4.56. The number of amides is 2. The first kappa shape index (κ1) is 15.1. The van der Waals surface area contributed by atoms with Gasteiger partial charge < -0.3 is 15.4 Å². The van der Waals surface area contributed by atoms with Gasteiger partial charge in [-0.15, -0.1) is 0 Å². The molecule has 0 saturated carbocycles. The van der Waals surface area contributed by atoms with E-state index < -0.39 is 11.8 Å². The van der Waals surface area contributed by atoms with Crippen molar-refractivity contribution in [2.45, 2.75) is 18.9 Å². The smallest absolute Gasteiger partial charge is 0.313 e. The minimum atomic E-state index is -0.763. The number of carbonyl (C=O) groups excluding carboxylic acids is 2. The molecule has 5 nitrogen and oxygen atoms in total. The molecule has 1 atom stereocenters. The maximum absolute atomic E-state index is 11.7. The maximum atomic E-state index is 11.7. The van der Waals surface area contributed by atoms with Crippen molar-refractivity contribution in [3.8, 4) is 0 Å². The molecule has 1 aromatic carbocycles. The van der Waals surface area contributed by atoms with E-state index in [1.807, 2.05) is 0 Å². The van der Waals surface area contributed by atoms with E-state index in [1.165, 1.54) is 18.2 Å². The number of ether oxygens (including phenoxy) is 1. The Bertz CT molecular complexity index is 496. The Kier molecular flexibility index (Phi) is 5.23. The van der Waals surface area contributed by atoms with Gasteiger partial charge in [0.1, 0.15) is 0 Å². The fourth-order valence-corrected chi connectivity index (χ4v) is 2.43. The lowest BCUT2D eigenvalue weighted by Gasteiger charge is -2.11. The van der Waals surface area contributed by atoms with Crippen LogP contribution < -0.4 is 10.6 Å². The van der Waals surface area contributed by atoms with Crippen molar-refractivity contribution in [1.82, 2.24) is 5.32 Å². The predicted octanol–water partition coefficient (Wildman–Crippen LogP) is 2.23. The van der Waals surface area contributed by atoms with Crippen LogP contribution in [-0.4, -0.2) is 31.1 Å². The molecule has 0 radical (unpaired) electrons. The van der Waals surface area contributed by atoms with Crippen molar-refractivity contribution in [3.63, 3.8) is 0 Å². The Morgan fingerprint density at radius 2 is 1.90 bits per heavy atom. The van der Waals surface area contributed by atoms with E-state index in [-0.39, 0.29) is 6.10 Å². The molecular formula is C13H14Cl2N2O3. The first-order valence-corrected chi connectivity index (χ1v) is 6.97. The van der Waals surface area contributed by atoms with Gasteiger partial charge in [0.15, 0.2) is 0 Å². The molecule has 0 bridgehead atoms. The zero-order valence-corrected chi connectivity index (χ0v) is 12.1. The highest BCUT2D eigenvalue weighted by atomic mass is 35.5. The van der Waals surface area contributed by atoms with Crippen LogP contribution in [0.3, 0.4) is 0 Å². The molecule has 2 rings (SSSR count). The van der Waals surface area contributed by atoms with Crippen molar-refractivity contribution >= 4 is 40.7 Å². The number of hydrogen-bond acceptors (Lipinski definition) is 3. The fourth-order valence-electron chi connectivity index (χ4n) is 1.91. The molecule has 1 aliphatic rings. The molecule has 1 aliphatic heterocycles. The van der Waals surface area contributed by atoms with Gasteiger partial charge in [0.25, 0.3) is 0 Å². The molecule has 0 aliphatic carbocycles. The lowest BCUT2D eigenvalue weighted by atomic mass is 10.2. The molecule has 1 saturated heterocycles. The summed E-state index contributed by atoms with van der Waals surface area (Å²) in [7, 11) is 0. The summed E-state index contributed by atoms with van der Waals surface area (Å²) in [5.41, 5.74) is 0.375. The normalized spacial score (nSPS) is 17.8. The second-order valence-corrected chi connectivity index (χ2v) is 5.33. The van der Waals surface area contributed by atoms with Crippen LogP contribution in [0, 0.1) is 0 Å². The lowest BCUT2D eigenvalue weighted by Crippen LogP contribution is -2.39. The van der Waals surface area contributed by atoms with Crippen molar-refractivity contribution in [1.29, 1.82) is 0 Å². The van der Waals surface area contributed by atoms with Crippen LogP contribution in [0.1, 0.15) is 12.8 Å². The number of nitrogens with one attached hydrogen (secondary N) is 2. The fraction of sp³-hybridized carbons (Fsp3) is 0.385. The van der Waals surface area contributed by atoms with Crippen LogP contribution in [0.2, 0.25) is 10.0 Å². The minimum Gasteiger partial charge on any atom is -0.376 e. The van der Waals surface area contributed by atoms with Gasteiger partial charge >= 0.3 is 11.8 Å². The number of benzene rings is 1. The SMILES string of the molecule is O=C(NC[C@H]1CCCO1)C(=O)Nc1cc(Cl)cc(Cl)c1. The topological polar surface area (TPSA) is 67.4 Å². The lowest BCUT2D eigenvalue weighted by molar-refractivity contribution is -0.136. The molecule has 0 unspecified atom stereocenters. The second-order valence-electron chi connectivity index (χ2n) is 4.46. The highest BCUT2D eigenvalue weighted by Gasteiger charge is 2.19. The van der Waals surface area contributed by atoms with Crippen molar-refractivity contribution in [3.05, 3.63) is 28.2 Å². The van der Waals surface area contributed by atoms with Gasteiger partial charge in [-0.25, -0.2) is 0 Å². The van der Waals surface area contributed by atoms with Gasteiger partial charge in [0, 0.05) is 28.9 Å². The number of hydrogen-bond donors (Lipinski definition) is 2. The van der Waals surface area contributed by atoms with Crippen LogP contribution in [-0.2, 0) is 14.3 Å². The second kappa shape index (κ2) is 6.92. The van der Waals surface area contributed by atoms with E-state index in [4.69, 9.17) is 27.9 Å². The van der Waals surface area contributed by atoms with Crippen LogP contribution in [0.5, 0.6) is 0 Å². The molecule has 2 amide bonds. The van der Waals surface area contributed by atoms with E-state index in [0.29, 0.717) is 28.9 Å². The van der Waals surface area contributed by atoms with E-state index in [9.17, 15) is 9.59 Å². The summed E-state index contributed by atoms with van der Waals surface area (Å²) in [5, 5.41) is 5.73. The zero-order chi connectivity index (χ0) is 14.5. The Morgan fingerprint density at radius 1 is 1.20 bits per heavy atom. The third-order valence-corrected chi connectivity index (χ3v) is 3.28.